The van der Waals surface area contributed by atoms with E-state index >= 15 is 0 Å². The van der Waals surface area contributed by atoms with Crippen LogP contribution in [0, 0.1) is 11.8 Å². The third kappa shape index (κ3) is 14.4. The van der Waals surface area contributed by atoms with E-state index in [1.54, 1.807) is 41.5 Å². The van der Waals surface area contributed by atoms with Gasteiger partial charge in [0.1, 0.15) is 6.10 Å². The molecule has 2 aromatic rings. The van der Waals surface area contributed by atoms with Gasteiger partial charge in [-0.25, -0.2) is 4.90 Å². The van der Waals surface area contributed by atoms with Crippen LogP contribution in [0.2, 0.25) is 0 Å². The number of rotatable bonds is 23. The highest BCUT2D eigenvalue weighted by atomic mass is 31.2. The van der Waals surface area contributed by atoms with E-state index in [4.69, 9.17) is 19.9 Å². The Morgan fingerprint density at radius 3 is 1.94 bits per heavy atom. The van der Waals surface area contributed by atoms with E-state index < -0.39 is 67.4 Å². The SMILES string of the molecule is CCC(=O)OC(C(C)C)C(N(C(Cc1ccc(-c2ccccc2)cc1)C(=O)NCCC(=O)OCCCCCN)C(OC(=O)CC)C(C)C)P(=O)(O)O. The Hall–Kier alpha value is -3.61. The zero-order valence-corrected chi connectivity index (χ0v) is 32.3. The normalized spacial score (nSPS) is 14.1. The number of ether oxygens (including phenoxy) is 3. The first kappa shape index (κ1) is 44.6. The number of nitrogens with zero attached hydrogens (tertiary/aromatic N) is 1. The Balaban J connectivity index is 2.67. The van der Waals surface area contributed by atoms with E-state index in [-0.39, 0.29) is 38.8 Å². The van der Waals surface area contributed by atoms with E-state index in [2.05, 4.69) is 5.32 Å². The van der Waals surface area contributed by atoms with Gasteiger partial charge in [0.05, 0.1) is 19.1 Å². The Labute approximate surface area is 308 Å². The second-order valence-corrected chi connectivity index (χ2v) is 15.1. The van der Waals surface area contributed by atoms with Gasteiger partial charge in [-0.15, -0.1) is 0 Å². The van der Waals surface area contributed by atoms with Gasteiger partial charge in [0.15, 0.2) is 12.0 Å². The molecule has 0 saturated carbocycles. The summed E-state index contributed by atoms with van der Waals surface area (Å²) in [4.78, 5) is 75.7. The molecule has 2 rings (SSSR count). The highest BCUT2D eigenvalue weighted by Crippen LogP contribution is 2.49. The molecule has 13 nitrogen and oxygen atoms in total. The quantitative estimate of drug-likeness (QED) is 0.0384. The van der Waals surface area contributed by atoms with E-state index in [0.717, 1.165) is 24.0 Å². The van der Waals surface area contributed by atoms with E-state index in [1.807, 2.05) is 54.6 Å². The van der Waals surface area contributed by atoms with Gasteiger partial charge in [0.25, 0.3) is 0 Å². The summed E-state index contributed by atoms with van der Waals surface area (Å²) in [5, 5.41) is 2.75. The van der Waals surface area contributed by atoms with Crippen LogP contribution in [0.5, 0.6) is 0 Å². The van der Waals surface area contributed by atoms with Gasteiger partial charge < -0.3 is 35.0 Å². The molecule has 0 spiro atoms. The highest BCUT2D eigenvalue weighted by molar-refractivity contribution is 7.52. The first-order valence-corrected chi connectivity index (χ1v) is 19.8. The first-order chi connectivity index (χ1) is 24.6. The maximum Gasteiger partial charge on any atom is 0.346 e. The van der Waals surface area contributed by atoms with Gasteiger partial charge in [-0.3, -0.25) is 23.7 Å². The van der Waals surface area contributed by atoms with Crippen molar-refractivity contribution in [2.45, 2.75) is 111 Å². The minimum absolute atomic E-state index is 0.0395. The van der Waals surface area contributed by atoms with E-state index in [0.29, 0.717) is 18.5 Å². The molecule has 0 radical (unpaired) electrons. The number of carbonyl (C=O) groups is 4. The second-order valence-electron chi connectivity index (χ2n) is 13.4. The van der Waals surface area contributed by atoms with Crippen molar-refractivity contribution in [1.29, 1.82) is 0 Å². The monoisotopic (exact) mass is 747 g/mol. The lowest BCUT2D eigenvalue weighted by atomic mass is 9.97. The number of hydrogen-bond acceptors (Lipinski definition) is 10. The summed E-state index contributed by atoms with van der Waals surface area (Å²) in [5.74, 6) is -5.64. The molecule has 4 unspecified atom stereocenters. The van der Waals surface area contributed by atoms with Gasteiger partial charge in [-0.2, -0.15) is 0 Å². The van der Waals surface area contributed by atoms with Crippen molar-refractivity contribution in [2.24, 2.45) is 17.6 Å². The van der Waals surface area contributed by atoms with Gasteiger partial charge in [0.2, 0.25) is 5.91 Å². The summed E-state index contributed by atoms with van der Waals surface area (Å²) in [6.45, 7) is 10.5. The van der Waals surface area contributed by atoms with Crippen molar-refractivity contribution < 1.29 is 47.7 Å². The number of esters is 3. The van der Waals surface area contributed by atoms with Crippen molar-refractivity contribution in [3.05, 3.63) is 60.2 Å². The van der Waals surface area contributed by atoms with E-state index in [9.17, 15) is 33.5 Å². The fraction of sp³-hybridized carbons (Fsp3) is 0.579. The van der Waals surface area contributed by atoms with Crippen LogP contribution in [0.25, 0.3) is 11.1 Å². The van der Waals surface area contributed by atoms with Gasteiger partial charge in [-0.05, 0) is 54.8 Å². The number of hydrogen-bond donors (Lipinski definition) is 4. The standard InChI is InChI=1S/C38H58N3O10P/c1-7-32(42)50-35(26(3)4)38(52(46,47)48)41(37(27(5)6)51-33(43)8-2)31(36(45)40-23-21-34(44)49-24-14-10-13-22-39)25-28-17-19-30(20-18-28)29-15-11-9-12-16-29/h9,11-12,15-20,26-27,31,35,37-38H,7-8,10,13-14,21-25,39H2,1-6H3,(H,40,45)(H2,46,47,48). The van der Waals surface area contributed by atoms with Gasteiger partial charge >= 0.3 is 25.5 Å². The molecule has 2 aromatic carbocycles. The van der Waals surface area contributed by atoms with Crippen molar-refractivity contribution >= 4 is 31.4 Å². The highest BCUT2D eigenvalue weighted by Gasteiger charge is 2.52. The third-order valence-electron chi connectivity index (χ3n) is 8.45. The Morgan fingerprint density at radius 1 is 0.808 bits per heavy atom. The van der Waals surface area contributed by atoms with Crippen molar-refractivity contribution in [3.63, 3.8) is 0 Å². The van der Waals surface area contributed by atoms with Crippen molar-refractivity contribution in [2.75, 3.05) is 19.7 Å². The van der Waals surface area contributed by atoms with Crippen molar-refractivity contribution in [1.82, 2.24) is 10.2 Å². The van der Waals surface area contributed by atoms with Gasteiger partial charge in [0, 0.05) is 25.3 Å². The number of unbranched alkanes of at least 4 members (excludes halogenated alkanes) is 2. The molecule has 0 bridgehead atoms. The number of nitrogens with two attached hydrogens (primary N) is 1. The Kier molecular flexibility index (Phi) is 19.2. The maximum absolute atomic E-state index is 14.4. The molecule has 52 heavy (non-hydrogen) atoms. The molecule has 0 aliphatic carbocycles. The van der Waals surface area contributed by atoms with E-state index in [1.165, 1.54) is 4.90 Å². The summed E-state index contributed by atoms with van der Waals surface area (Å²) < 4.78 is 30.5. The molecule has 5 N–H and O–H groups in total. The molecule has 0 aliphatic heterocycles. The number of benzene rings is 2. The lowest BCUT2D eigenvalue weighted by Gasteiger charge is -2.46. The molecule has 0 heterocycles. The van der Waals surface area contributed by atoms with Crippen LogP contribution >= 0.6 is 7.60 Å². The molecule has 0 aliphatic rings. The van der Waals surface area contributed by atoms with Crippen LogP contribution in [0.4, 0.5) is 0 Å². The predicted octanol–water partition coefficient (Wildman–Crippen LogP) is 5.16. The van der Waals surface area contributed by atoms with Crippen LogP contribution in [0.1, 0.15) is 85.6 Å². The lowest BCUT2D eigenvalue weighted by Crippen LogP contribution is -2.62. The molecule has 0 saturated heterocycles. The Morgan fingerprint density at radius 2 is 1.40 bits per heavy atom. The van der Waals surface area contributed by atoms with Crippen LogP contribution in [0.3, 0.4) is 0 Å². The average molecular weight is 748 g/mol. The third-order valence-corrected chi connectivity index (χ3v) is 9.70. The summed E-state index contributed by atoms with van der Waals surface area (Å²) in [6.07, 6.45) is -0.771. The summed E-state index contributed by atoms with van der Waals surface area (Å²) in [7, 11) is -5.27. The van der Waals surface area contributed by atoms with Crippen LogP contribution in [-0.2, 0) is 44.4 Å². The summed E-state index contributed by atoms with van der Waals surface area (Å²) >= 11 is 0. The topological polar surface area (TPSA) is 195 Å². The average Bonchev–Trinajstić information content (AvgIpc) is 3.11. The molecular formula is C38H58N3O10P. The van der Waals surface area contributed by atoms with Crippen LogP contribution in [0.15, 0.2) is 54.6 Å². The number of amides is 1. The summed E-state index contributed by atoms with van der Waals surface area (Å²) in [6, 6.07) is 15.7. The zero-order valence-electron chi connectivity index (χ0n) is 31.4. The van der Waals surface area contributed by atoms with Crippen LogP contribution < -0.4 is 11.1 Å². The van der Waals surface area contributed by atoms with Crippen molar-refractivity contribution in [3.8, 4) is 11.1 Å². The number of nitrogens with one attached hydrogen (secondary N) is 1. The minimum atomic E-state index is -5.27. The number of carbonyl (C=O) groups excluding carboxylic acids is 4. The molecule has 0 fully saturated rings. The molecule has 0 aromatic heterocycles. The smallest absolute Gasteiger partial charge is 0.346 e. The first-order valence-electron chi connectivity index (χ1n) is 18.1. The second kappa shape index (κ2) is 22.5. The minimum Gasteiger partial charge on any atom is -0.466 e. The fourth-order valence-corrected chi connectivity index (χ4v) is 7.12. The fourth-order valence-electron chi connectivity index (χ4n) is 5.69. The summed E-state index contributed by atoms with van der Waals surface area (Å²) in [5.41, 5.74) is 8.05. The molecule has 1 amide bonds. The molecule has 290 valence electrons. The molecular weight excluding hydrogens is 689 g/mol. The predicted molar refractivity (Wildman–Crippen MR) is 199 cm³/mol. The largest absolute Gasteiger partial charge is 0.466 e. The lowest BCUT2D eigenvalue weighted by molar-refractivity contribution is -0.180. The Bertz CT molecular complexity index is 1450. The molecule has 14 heteroatoms. The zero-order chi connectivity index (χ0) is 38.8. The maximum atomic E-state index is 14.4. The van der Waals surface area contributed by atoms with Gasteiger partial charge in [-0.1, -0.05) is 96.1 Å². The van der Waals surface area contributed by atoms with Crippen LogP contribution in [-0.4, -0.2) is 82.4 Å². The molecule has 4 atom stereocenters.